The zero-order chi connectivity index (χ0) is 11.1. The van der Waals surface area contributed by atoms with E-state index in [-0.39, 0.29) is 17.7 Å². The summed E-state index contributed by atoms with van der Waals surface area (Å²) in [6.07, 6.45) is 3.12. The van der Waals surface area contributed by atoms with E-state index >= 15 is 0 Å². The van der Waals surface area contributed by atoms with Crippen molar-refractivity contribution in [2.24, 2.45) is 11.1 Å². The fourth-order valence-electron chi connectivity index (χ4n) is 1.66. The zero-order valence-electron chi connectivity index (χ0n) is 8.27. The normalized spacial score (nSPS) is 30.1. The Labute approximate surface area is 88.6 Å². The van der Waals surface area contributed by atoms with Crippen molar-refractivity contribution in [3.8, 4) is 0 Å². The average Bonchev–Trinajstić information content (AvgIpc) is 2.88. The number of hydrogen-bond donors (Lipinski definition) is 2. The molecule has 2 rings (SSSR count). The van der Waals surface area contributed by atoms with E-state index in [0.717, 1.165) is 18.2 Å². The van der Waals surface area contributed by atoms with Crippen LogP contribution in [-0.4, -0.2) is 32.7 Å². The molecule has 1 amide bonds. The first-order valence-electron chi connectivity index (χ1n) is 4.89. The van der Waals surface area contributed by atoms with Crippen LogP contribution >= 0.6 is 0 Å². The summed E-state index contributed by atoms with van der Waals surface area (Å²) < 4.78 is 22.2. The minimum atomic E-state index is -3.10. The monoisotopic (exact) mass is 230 g/mol. The highest BCUT2D eigenvalue weighted by Gasteiger charge is 2.49. The van der Waals surface area contributed by atoms with Gasteiger partial charge in [-0.3, -0.25) is 4.79 Å². The van der Waals surface area contributed by atoms with E-state index in [9.17, 15) is 13.2 Å². The zero-order valence-corrected chi connectivity index (χ0v) is 9.09. The SMILES string of the molecule is NCC1(C(=O)NC2C=CS(=O)(=O)C2)CC1. The van der Waals surface area contributed by atoms with E-state index in [1.54, 1.807) is 0 Å². The van der Waals surface area contributed by atoms with Crippen LogP contribution in [-0.2, 0) is 14.6 Å². The van der Waals surface area contributed by atoms with Crippen LogP contribution in [0.2, 0.25) is 0 Å². The molecule has 1 aliphatic carbocycles. The second-order valence-corrected chi connectivity index (χ2v) is 6.15. The van der Waals surface area contributed by atoms with Gasteiger partial charge in [0.15, 0.2) is 9.84 Å². The van der Waals surface area contributed by atoms with Gasteiger partial charge in [-0.15, -0.1) is 0 Å². The van der Waals surface area contributed by atoms with Crippen molar-refractivity contribution in [1.29, 1.82) is 0 Å². The molecule has 0 bridgehead atoms. The van der Waals surface area contributed by atoms with Gasteiger partial charge in [0.05, 0.1) is 17.2 Å². The topological polar surface area (TPSA) is 89.3 Å². The van der Waals surface area contributed by atoms with E-state index in [4.69, 9.17) is 5.73 Å². The van der Waals surface area contributed by atoms with Crippen LogP contribution in [0.5, 0.6) is 0 Å². The lowest BCUT2D eigenvalue weighted by Gasteiger charge is -2.15. The van der Waals surface area contributed by atoms with E-state index in [0.29, 0.717) is 6.54 Å². The highest BCUT2D eigenvalue weighted by atomic mass is 32.2. The molecular weight excluding hydrogens is 216 g/mol. The smallest absolute Gasteiger partial charge is 0.227 e. The molecule has 1 fully saturated rings. The molecule has 1 unspecified atom stereocenters. The number of rotatable bonds is 3. The number of nitrogens with two attached hydrogens (primary N) is 1. The third kappa shape index (κ3) is 2.05. The summed E-state index contributed by atoms with van der Waals surface area (Å²) in [5.74, 6) is -0.143. The van der Waals surface area contributed by atoms with E-state index in [1.807, 2.05) is 0 Å². The van der Waals surface area contributed by atoms with Crippen LogP contribution in [0.25, 0.3) is 0 Å². The van der Waals surface area contributed by atoms with Gasteiger partial charge in [-0.1, -0.05) is 0 Å². The molecular formula is C9H14N2O3S. The van der Waals surface area contributed by atoms with Crippen LogP contribution in [0.3, 0.4) is 0 Å². The lowest BCUT2D eigenvalue weighted by atomic mass is 10.1. The van der Waals surface area contributed by atoms with E-state index in [2.05, 4.69) is 5.32 Å². The summed E-state index contributed by atoms with van der Waals surface area (Å²) in [6.45, 7) is 0.335. The van der Waals surface area contributed by atoms with Gasteiger partial charge < -0.3 is 11.1 Å². The van der Waals surface area contributed by atoms with Crippen LogP contribution in [0.15, 0.2) is 11.5 Å². The quantitative estimate of drug-likeness (QED) is 0.661. The van der Waals surface area contributed by atoms with Crippen molar-refractivity contribution in [3.05, 3.63) is 11.5 Å². The molecule has 2 aliphatic rings. The molecule has 1 saturated carbocycles. The summed E-state index contributed by atoms with van der Waals surface area (Å²) in [7, 11) is -3.10. The van der Waals surface area contributed by atoms with Crippen molar-refractivity contribution >= 4 is 15.7 Å². The Kier molecular flexibility index (Phi) is 2.35. The first kappa shape index (κ1) is 10.6. The standard InChI is InChI=1S/C9H14N2O3S/c10-6-9(2-3-9)8(12)11-7-1-4-15(13,14)5-7/h1,4,7H,2-3,5-6,10H2,(H,11,12). The maximum absolute atomic E-state index is 11.7. The number of sulfone groups is 1. The van der Waals surface area contributed by atoms with Gasteiger partial charge in [-0.25, -0.2) is 8.42 Å². The fourth-order valence-corrected chi connectivity index (χ4v) is 2.90. The van der Waals surface area contributed by atoms with Crippen molar-refractivity contribution in [2.45, 2.75) is 18.9 Å². The van der Waals surface area contributed by atoms with Crippen LogP contribution < -0.4 is 11.1 Å². The minimum Gasteiger partial charge on any atom is -0.348 e. The van der Waals surface area contributed by atoms with Gasteiger partial charge in [-0.2, -0.15) is 0 Å². The van der Waals surface area contributed by atoms with Crippen molar-refractivity contribution in [3.63, 3.8) is 0 Å². The maximum atomic E-state index is 11.7. The molecule has 0 aromatic rings. The summed E-state index contributed by atoms with van der Waals surface area (Å²) in [6, 6.07) is -0.383. The van der Waals surface area contributed by atoms with Gasteiger partial charge in [0.25, 0.3) is 0 Å². The molecule has 1 aliphatic heterocycles. The number of amides is 1. The molecule has 0 spiro atoms. The van der Waals surface area contributed by atoms with Crippen LogP contribution in [0.4, 0.5) is 0 Å². The first-order valence-corrected chi connectivity index (χ1v) is 6.61. The van der Waals surface area contributed by atoms with E-state index in [1.165, 1.54) is 6.08 Å². The number of carbonyl (C=O) groups is 1. The van der Waals surface area contributed by atoms with Crippen LogP contribution in [0, 0.1) is 5.41 Å². The molecule has 0 aromatic heterocycles. The minimum absolute atomic E-state index is 0.0284. The molecule has 0 aromatic carbocycles. The van der Waals surface area contributed by atoms with Gasteiger partial charge >= 0.3 is 0 Å². The summed E-state index contributed by atoms with van der Waals surface area (Å²) >= 11 is 0. The van der Waals surface area contributed by atoms with Gasteiger partial charge in [-0.05, 0) is 18.9 Å². The molecule has 5 nitrogen and oxygen atoms in total. The molecule has 84 valence electrons. The van der Waals surface area contributed by atoms with Crippen LogP contribution in [0.1, 0.15) is 12.8 Å². The molecule has 1 atom stereocenters. The van der Waals surface area contributed by atoms with Gasteiger partial charge in [0.2, 0.25) is 5.91 Å². The molecule has 1 heterocycles. The number of nitrogens with one attached hydrogen (secondary N) is 1. The lowest BCUT2D eigenvalue weighted by molar-refractivity contribution is -0.126. The third-order valence-electron chi connectivity index (χ3n) is 2.97. The second-order valence-electron chi connectivity index (χ2n) is 4.22. The Morgan fingerprint density at radius 1 is 1.53 bits per heavy atom. The largest absolute Gasteiger partial charge is 0.348 e. The van der Waals surface area contributed by atoms with Gasteiger partial charge in [0, 0.05) is 12.0 Å². The molecule has 15 heavy (non-hydrogen) atoms. The Balaban J connectivity index is 1.95. The second kappa shape index (κ2) is 3.31. The van der Waals surface area contributed by atoms with Crippen molar-refractivity contribution < 1.29 is 13.2 Å². The summed E-state index contributed by atoms with van der Waals surface area (Å²) in [4.78, 5) is 11.7. The highest BCUT2D eigenvalue weighted by Crippen LogP contribution is 2.44. The Morgan fingerprint density at radius 2 is 2.20 bits per heavy atom. The Bertz CT molecular complexity index is 409. The predicted molar refractivity (Wildman–Crippen MR) is 55.6 cm³/mol. The van der Waals surface area contributed by atoms with Gasteiger partial charge in [0.1, 0.15) is 0 Å². The highest BCUT2D eigenvalue weighted by molar-refractivity contribution is 7.94. The fraction of sp³-hybridized carbons (Fsp3) is 0.667. The molecule has 0 radical (unpaired) electrons. The lowest BCUT2D eigenvalue weighted by Crippen LogP contribution is -2.42. The third-order valence-corrected chi connectivity index (χ3v) is 4.37. The predicted octanol–water partition coefficient (Wildman–Crippen LogP) is -0.848. The first-order chi connectivity index (χ1) is 6.97. The summed E-state index contributed by atoms with van der Waals surface area (Å²) in [5, 5.41) is 3.86. The molecule has 0 saturated heterocycles. The van der Waals surface area contributed by atoms with E-state index < -0.39 is 15.3 Å². The molecule has 3 N–H and O–H groups in total. The van der Waals surface area contributed by atoms with Crippen molar-refractivity contribution in [2.75, 3.05) is 12.3 Å². The average molecular weight is 230 g/mol. The number of hydrogen-bond acceptors (Lipinski definition) is 4. The Morgan fingerprint density at radius 3 is 2.60 bits per heavy atom. The number of carbonyl (C=O) groups excluding carboxylic acids is 1. The van der Waals surface area contributed by atoms with Crippen molar-refractivity contribution in [1.82, 2.24) is 5.32 Å². The summed E-state index contributed by atoms with van der Waals surface area (Å²) in [5.41, 5.74) is 5.08. The maximum Gasteiger partial charge on any atom is 0.227 e. The Hall–Kier alpha value is -0.880. The molecule has 6 heteroatoms.